The smallest absolute Gasteiger partial charge is 0.250 e. The molecule has 1 unspecified atom stereocenters. The largest absolute Gasteiger partial charge is 0.358 e. The van der Waals surface area contributed by atoms with Crippen LogP contribution in [0, 0.1) is 6.92 Å². The van der Waals surface area contributed by atoms with E-state index >= 15 is 0 Å². The zero-order chi connectivity index (χ0) is 17.6. The SMILES string of the molecule is CCc1nc(NC2CCN(c3cc(C)nn3C)C2=O)c2ccsc2n1. The van der Waals surface area contributed by atoms with Crippen molar-refractivity contribution < 1.29 is 4.79 Å². The first-order valence-electron chi connectivity index (χ1n) is 8.39. The molecule has 0 bridgehead atoms. The molecule has 3 aromatic heterocycles. The highest BCUT2D eigenvalue weighted by atomic mass is 32.1. The van der Waals surface area contributed by atoms with Crippen molar-refractivity contribution in [1.82, 2.24) is 19.7 Å². The number of rotatable bonds is 4. The quantitative estimate of drug-likeness (QED) is 0.777. The molecule has 1 amide bonds. The van der Waals surface area contributed by atoms with Crippen LogP contribution in [0.15, 0.2) is 17.5 Å². The van der Waals surface area contributed by atoms with Crippen molar-refractivity contribution in [1.29, 1.82) is 0 Å². The summed E-state index contributed by atoms with van der Waals surface area (Å²) in [6.07, 6.45) is 1.50. The Morgan fingerprint density at radius 3 is 2.96 bits per heavy atom. The van der Waals surface area contributed by atoms with Crippen molar-refractivity contribution in [3.63, 3.8) is 0 Å². The Labute approximate surface area is 149 Å². The average Bonchev–Trinajstić information content (AvgIpc) is 3.27. The number of anilines is 2. The molecule has 0 aliphatic carbocycles. The summed E-state index contributed by atoms with van der Waals surface area (Å²) in [4.78, 5) is 24.8. The van der Waals surface area contributed by atoms with Crippen molar-refractivity contribution in [2.45, 2.75) is 32.7 Å². The molecular formula is C17H20N6OS. The number of hydrogen-bond acceptors (Lipinski definition) is 6. The molecule has 1 aliphatic rings. The summed E-state index contributed by atoms with van der Waals surface area (Å²) in [6, 6.07) is 3.67. The van der Waals surface area contributed by atoms with Crippen LogP contribution in [0.2, 0.25) is 0 Å². The fourth-order valence-corrected chi connectivity index (χ4v) is 4.01. The van der Waals surface area contributed by atoms with Crippen LogP contribution in [0.25, 0.3) is 10.2 Å². The number of carbonyl (C=O) groups excluding carboxylic acids is 1. The Bertz CT molecular complexity index is 946. The lowest BCUT2D eigenvalue weighted by atomic mass is 10.2. The van der Waals surface area contributed by atoms with E-state index in [0.717, 1.165) is 46.2 Å². The zero-order valence-corrected chi connectivity index (χ0v) is 15.3. The number of aryl methyl sites for hydroxylation is 3. The van der Waals surface area contributed by atoms with Gasteiger partial charge in [0, 0.05) is 26.1 Å². The van der Waals surface area contributed by atoms with E-state index in [0.29, 0.717) is 6.54 Å². The van der Waals surface area contributed by atoms with Gasteiger partial charge in [0.1, 0.15) is 28.3 Å². The van der Waals surface area contributed by atoms with Gasteiger partial charge in [-0.1, -0.05) is 6.92 Å². The second kappa shape index (κ2) is 6.11. The van der Waals surface area contributed by atoms with Crippen molar-refractivity contribution in [2.75, 3.05) is 16.8 Å². The molecule has 1 saturated heterocycles. The van der Waals surface area contributed by atoms with E-state index in [2.05, 4.69) is 20.4 Å². The fraction of sp³-hybridized carbons (Fsp3) is 0.412. The van der Waals surface area contributed by atoms with Crippen molar-refractivity contribution >= 4 is 39.1 Å². The topological polar surface area (TPSA) is 75.9 Å². The summed E-state index contributed by atoms with van der Waals surface area (Å²) >= 11 is 1.59. The summed E-state index contributed by atoms with van der Waals surface area (Å²) < 4.78 is 1.76. The van der Waals surface area contributed by atoms with Gasteiger partial charge >= 0.3 is 0 Å². The molecule has 1 aliphatic heterocycles. The third kappa shape index (κ3) is 2.76. The lowest BCUT2D eigenvalue weighted by molar-refractivity contribution is -0.117. The van der Waals surface area contributed by atoms with E-state index in [1.165, 1.54) is 0 Å². The number of aromatic nitrogens is 4. The summed E-state index contributed by atoms with van der Waals surface area (Å²) in [5.41, 5.74) is 0.907. The number of amides is 1. The number of nitrogens with one attached hydrogen (secondary N) is 1. The molecule has 0 aromatic carbocycles. The maximum atomic E-state index is 12.9. The third-order valence-electron chi connectivity index (χ3n) is 4.46. The Balaban J connectivity index is 1.61. The van der Waals surface area contributed by atoms with Crippen molar-refractivity contribution in [3.8, 4) is 0 Å². The number of hydrogen-bond donors (Lipinski definition) is 1. The molecule has 4 heterocycles. The highest BCUT2D eigenvalue weighted by molar-refractivity contribution is 7.16. The van der Waals surface area contributed by atoms with Crippen LogP contribution >= 0.6 is 11.3 Å². The fourth-order valence-electron chi connectivity index (χ4n) is 3.22. The highest BCUT2D eigenvalue weighted by Gasteiger charge is 2.34. The number of carbonyl (C=O) groups is 1. The number of thiophene rings is 1. The minimum Gasteiger partial charge on any atom is -0.358 e. The molecule has 3 aromatic rings. The van der Waals surface area contributed by atoms with E-state index in [4.69, 9.17) is 0 Å². The van der Waals surface area contributed by atoms with Gasteiger partial charge in [-0.25, -0.2) is 9.97 Å². The van der Waals surface area contributed by atoms with Crippen molar-refractivity contribution in [2.24, 2.45) is 7.05 Å². The van der Waals surface area contributed by atoms with E-state index < -0.39 is 0 Å². The van der Waals surface area contributed by atoms with Crippen LogP contribution in [0.4, 0.5) is 11.6 Å². The Morgan fingerprint density at radius 2 is 2.24 bits per heavy atom. The van der Waals surface area contributed by atoms with E-state index in [9.17, 15) is 4.79 Å². The molecule has 4 rings (SSSR count). The summed E-state index contributed by atoms with van der Waals surface area (Å²) in [5.74, 6) is 2.44. The number of nitrogens with zero attached hydrogens (tertiary/aromatic N) is 5. The van der Waals surface area contributed by atoms with Gasteiger partial charge in [0.2, 0.25) is 0 Å². The zero-order valence-electron chi connectivity index (χ0n) is 14.5. The van der Waals surface area contributed by atoms with Crippen LogP contribution in [0.3, 0.4) is 0 Å². The Kier molecular flexibility index (Phi) is 3.91. The molecule has 0 radical (unpaired) electrons. The van der Waals surface area contributed by atoms with Gasteiger partial charge in [-0.05, 0) is 24.8 Å². The molecule has 1 fully saturated rings. The van der Waals surface area contributed by atoms with Crippen LogP contribution in [-0.4, -0.2) is 38.2 Å². The lowest BCUT2D eigenvalue weighted by Gasteiger charge is -2.17. The minimum absolute atomic E-state index is 0.0584. The molecular weight excluding hydrogens is 336 g/mol. The van der Waals surface area contributed by atoms with Crippen LogP contribution < -0.4 is 10.2 Å². The first-order chi connectivity index (χ1) is 12.1. The summed E-state index contributed by atoms with van der Waals surface area (Å²) in [7, 11) is 1.86. The van der Waals surface area contributed by atoms with Crippen molar-refractivity contribution in [3.05, 3.63) is 29.0 Å². The maximum Gasteiger partial charge on any atom is 0.250 e. The van der Waals surface area contributed by atoms with Gasteiger partial charge in [-0.3, -0.25) is 14.4 Å². The third-order valence-corrected chi connectivity index (χ3v) is 5.26. The van der Waals surface area contributed by atoms with Gasteiger partial charge in [0.05, 0.1) is 11.1 Å². The Morgan fingerprint density at radius 1 is 1.40 bits per heavy atom. The van der Waals surface area contributed by atoms with E-state index in [-0.39, 0.29) is 11.9 Å². The molecule has 25 heavy (non-hydrogen) atoms. The predicted octanol–water partition coefficient (Wildman–Crippen LogP) is 2.51. The highest BCUT2D eigenvalue weighted by Crippen LogP contribution is 2.28. The van der Waals surface area contributed by atoms with Crippen LogP contribution in [0.1, 0.15) is 24.9 Å². The van der Waals surface area contributed by atoms with Gasteiger partial charge in [0.25, 0.3) is 5.91 Å². The second-order valence-electron chi connectivity index (χ2n) is 6.22. The molecule has 0 saturated carbocycles. The second-order valence-corrected chi connectivity index (χ2v) is 7.12. The average molecular weight is 356 g/mol. The van der Waals surface area contributed by atoms with Gasteiger partial charge < -0.3 is 5.32 Å². The first-order valence-corrected chi connectivity index (χ1v) is 9.27. The van der Waals surface area contributed by atoms with E-state index in [1.807, 2.05) is 38.4 Å². The summed E-state index contributed by atoms with van der Waals surface area (Å²) in [5, 5.41) is 10.7. The molecule has 1 N–H and O–H groups in total. The van der Waals surface area contributed by atoms with Crippen LogP contribution in [0.5, 0.6) is 0 Å². The normalized spacial score (nSPS) is 17.6. The van der Waals surface area contributed by atoms with E-state index in [1.54, 1.807) is 20.9 Å². The maximum absolute atomic E-state index is 12.9. The van der Waals surface area contributed by atoms with Gasteiger partial charge in [0.15, 0.2) is 0 Å². The molecule has 0 spiro atoms. The molecule has 7 nitrogen and oxygen atoms in total. The van der Waals surface area contributed by atoms with Gasteiger partial charge in [-0.15, -0.1) is 11.3 Å². The monoisotopic (exact) mass is 356 g/mol. The minimum atomic E-state index is -0.280. The molecule has 130 valence electrons. The van der Waals surface area contributed by atoms with Crippen LogP contribution in [-0.2, 0) is 18.3 Å². The standard InChI is InChI=1S/C17H20N6OS/c1-4-13-19-15(11-6-8-25-16(11)20-13)18-12-5-7-23(17(12)24)14-9-10(2)21-22(14)3/h6,8-9,12H,4-5,7H2,1-3H3,(H,18,19,20). The van der Waals surface area contributed by atoms with Gasteiger partial charge in [-0.2, -0.15) is 5.10 Å². The number of fused-ring (bicyclic) bond motifs is 1. The lowest BCUT2D eigenvalue weighted by Crippen LogP contribution is -2.34. The summed E-state index contributed by atoms with van der Waals surface area (Å²) in [6.45, 7) is 4.64. The molecule has 1 atom stereocenters. The Hall–Kier alpha value is -2.48. The first kappa shape index (κ1) is 16.0. The predicted molar refractivity (Wildman–Crippen MR) is 99.1 cm³/mol. The molecule has 8 heteroatoms.